The van der Waals surface area contributed by atoms with E-state index in [-0.39, 0.29) is 0 Å². The molecule has 0 amide bonds. The van der Waals surface area contributed by atoms with E-state index in [1.165, 1.54) is 6.26 Å². The topological polar surface area (TPSA) is 63.6 Å². The summed E-state index contributed by atoms with van der Waals surface area (Å²) in [7, 11) is -6.74. The first-order chi connectivity index (χ1) is 6.87. The maximum atomic E-state index is 12.0. The maximum absolute atomic E-state index is 12.0. The van der Waals surface area contributed by atoms with Crippen molar-refractivity contribution in [3.05, 3.63) is 30.3 Å². The molecule has 4 nitrogen and oxygen atoms in total. The molecule has 0 heterocycles. The molecule has 0 fully saturated rings. The summed E-state index contributed by atoms with van der Waals surface area (Å²) in [6, 6.07) is 8.21. The molecule has 0 saturated carbocycles. The van der Waals surface area contributed by atoms with Crippen LogP contribution in [0.25, 0.3) is 0 Å². The SMILES string of the molecule is CS(=O)(=NS(=O)(=O)CCl)c1ccccc1. The van der Waals surface area contributed by atoms with Crippen molar-refractivity contribution in [3.8, 4) is 0 Å². The number of hydrogen-bond donors (Lipinski definition) is 0. The summed E-state index contributed by atoms with van der Waals surface area (Å²) >= 11 is 5.18. The Hall–Kier alpha value is -0.590. The lowest BCUT2D eigenvalue weighted by Crippen LogP contribution is -2.04. The second kappa shape index (κ2) is 4.51. The molecule has 1 rings (SSSR count). The summed E-state index contributed by atoms with van der Waals surface area (Å²) in [5.74, 6) is 0. The standard InChI is InChI=1S/C8H10ClNO3S2/c1-14(11,10-15(12,13)7-9)8-5-3-2-4-6-8/h2-6H,7H2,1H3. The molecule has 0 bridgehead atoms. The Morgan fingerprint density at radius 2 is 1.73 bits per heavy atom. The molecule has 84 valence electrons. The molecule has 1 aromatic carbocycles. The van der Waals surface area contributed by atoms with Crippen LogP contribution in [0.1, 0.15) is 0 Å². The van der Waals surface area contributed by atoms with Crippen molar-refractivity contribution in [2.45, 2.75) is 4.90 Å². The zero-order valence-electron chi connectivity index (χ0n) is 7.96. The third kappa shape index (κ3) is 3.48. The van der Waals surface area contributed by atoms with Crippen LogP contribution < -0.4 is 0 Å². The van der Waals surface area contributed by atoms with E-state index in [9.17, 15) is 12.6 Å². The third-order valence-corrected chi connectivity index (χ3v) is 5.87. The van der Waals surface area contributed by atoms with Crippen molar-refractivity contribution < 1.29 is 12.6 Å². The smallest absolute Gasteiger partial charge is 0.244 e. The fourth-order valence-electron chi connectivity index (χ4n) is 0.953. The molecular weight excluding hydrogens is 258 g/mol. The Morgan fingerprint density at radius 3 is 2.20 bits per heavy atom. The van der Waals surface area contributed by atoms with Crippen LogP contribution >= 0.6 is 11.6 Å². The van der Waals surface area contributed by atoms with Gasteiger partial charge < -0.3 is 0 Å². The average molecular weight is 268 g/mol. The number of nitrogens with zero attached hydrogens (tertiary/aromatic N) is 1. The third-order valence-electron chi connectivity index (χ3n) is 1.57. The fraction of sp³-hybridized carbons (Fsp3) is 0.250. The second-order valence-corrected chi connectivity index (χ2v) is 7.59. The lowest BCUT2D eigenvalue weighted by Gasteiger charge is -2.02. The number of hydrogen-bond acceptors (Lipinski definition) is 3. The molecule has 0 aliphatic carbocycles. The molecule has 1 unspecified atom stereocenters. The van der Waals surface area contributed by atoms with Crippen molar-refractivity contribution in [2.75, 3.05) is 11.5 Å². The number of alkyl halides is 1. The van der Waals surface area contributed by atoms with Crippen LogP contribution in [0.5, 0.6) is 0 Å². The quantitative estimate of drug-likeness (QED) is 0.783. The molecule has 7 heteroatoms. The average Bonchev–Trinajstić information content (AvgIpc) is 2.18. The molecule has 0 aliphatic rings. The van der Waals surface area contributed by atoms with Crippen LogP contribution in [0.3, 0.4) is 0 Å². The summed E-state index contributed by atoms with van der Waals surface area (Å²) in [5.41, 5.74) is 0. The molecule has 15 heavy (non-hydrogen) atoms. The van der Waals surface area contributed by atoms with E-state index in [1.54, 1.807) is 30.3 Å². The number of benzene rings is 1. The van der Waals surface area contributed by atoms with E-state index in [1.807, 2.05) is 0 Å². The summed E-state index contributed by atoms with van der Waals surface area (Å²) < 4.78 is 37.5. The summed E-state index contributed by atoms with van der Waals surface area (Å²) in [6.07, 6.45) is 1.27. The molecule has 1 aromatic rings. The van der Waals surface area contributed by atoms with Gasteiger partial charge in [0.25, 0.3) is 10.0 Å². The van der Waals surface area contributed by atoms with Gasteiger partial charge >= 0.3 is 0 Å². The summed E-state index contributed by atoms with van der Waals surface area (Å²) in [5, 5.41) is -0.662. The zero-order chi connectivity index (χ0) is 11.5. The molecular formula is C8H10ClNO3S2. The minimum atomic E-state index is -3.81. The van der Waals surface area contributed by atoms with Crippen LogP contribution in [0.2, 0.25) is 0 Å². The van der Waals surface area contributed by atoms with Crippen molar-refractivity contribution in [1.82, 2.24) is 0 Å². The van der Waals surface area contributed by atoms with E-state index in [4.69, 9.17) is 11.6 Å². The predicted octanol–water partition coefficient (Wildman–Crippen LogP) is 1.67. The molecule has 0 aromatic heterocycles. The Bertz CT molecular complexity index is 545. The summed E-state index contributed by atoms with van der Waals surface area (Å²) in [4.78, 5) is 0.374. The van der Waals surface area contributed by atoms with Crippen LogP contribution in [0.4, 0.5) is 0 Å². The van der Waals surface area contributed by atoms with Gasteiger partial charge in [0.2, 0.25) is 0 Å². The number of halogens is 1. The largest absolute Gasteiger partial charge is 0.275 e. The van der Waals surface area contributed by atoms with E-state index >= 15 is 0 Å². The van der Waals surface area contributed by atoms with Crippen molar-refractivity contribution in [2.24, 2.45) is 3.77 Å². The Kier molecular flexibility index (Phi) is 3.75. The first kappa shape index (κ1) is 12.5. The van der Waals surface area contributed by atoms with Crippen molar-refractivity contribution in [3.63, 3.8) is 0 Å². The molecule has 0 N–H and O–H groups in total. The van der Waals surface area contributed by atoms with Gasteiger partial charge in [0, 0.05) is 11.2 Å². The normalized spacial score (nSPS) is 15.6. The Morgan fingerprint density at radius 1 is 1.20 bits per heavy atom. The van der Waals surface area contributed by atoms with Crippen LogP contribution in [0, 0.1) is 0 Å². The van der Waals surface area contributed by atoms with Gasteiger partial charge in [-0.05, 0) is 12.1 Å². The van der Waals surface area contributed by atoms with Crippen LogP contribution in [-0.2, 0) is 19.8 Å². The number of sulfonamides is 1. The highest BCUT2D eigenvalue weighted by Crippen LogP contribution is 2.13. The van der Waals surface area contributed by atoms with Gasteiger partial charge in [0.15, 0.2) is 0 Å². The minimum Gasteiger partial charge on any atom is -0.244 e. The molecule has 1 atom stereocenters. The van der Waals surface area contributed by atoms with Crippen molar-refractivity contribution >= 4 is 31.4 Å². The molecule has 0 aliphatic heterocycles. The minimum absolute atomic E-state index is 0.374. The van der Waals surface area contributed by atoms with Gasteiger partial charge in [-0.2, -0.15) is 0 Å². The van der Waals surface area contributed by atoms with Gasteiger partial charge in [-0.1, -0.05) is 18.2 Å². The van der Waals surface area contributed by atoms with E-state index in [0.717, 1.165) is 0 Å². The van der Waals surface area contributed by atoms with E-state index in [2.05, 4.69) is 3.77 Å². The molecule has 0 saturated heterocycles. The second-order valence-electron chi connectivity index (χ2n) is 2.88. The first-order valence-electron chi connectivity index (χ1n) is 3.94. The summed E-state index contributed by atoms with van der Waals surface area (Å²) in [6.45, 7) is 0. The predicted molar refractivity (Wildman–Crippen MR) is 60.8 cm³/mol. The lowest BCUT2D eigenvalue weighted by atomic mass is 10.4. The highest BCUT2D eigenvalue weighted by Gasteiger charge is 2.12. The molecule has 0 radical (unpaired) electrons. The molecule has 0 spiro atoms. The number of rotatable bonds is 3. The maximum Gasteiger partial charge on any atom is 0.275 e. The monoisotopic (exact) mass is 267 g/mol. The Balaban J connectivity index is 3.33. The van der Waals surface area contributed by atoms with Crippen LogP contribution in [0.15, 0.2) is 39.0 Å². The Labute approximate surface area is 94.5 Å². The van der Waals surface area contributed by atoms with Gasteiger partial charge in [-0.3, -0.25) is 0 Å². The van der Waals surface area contributed by atoms with E-state index < -0.39 is 25.0 Å². The van der Waals surface area contributed by atoms with Crippen molar-refractivity contribution in [1.29, 1.82) is 0 Å². The van der Waals surface area contributed by atoms with E-state index in [0.29, 0.717) is 4.90 Å². The fourth-order valence-corrected chi connectivity index (χ4v) is 4.21. The first-order valence-corrected chi connectivity index (χ1v) is 8.01. The zero-order valence-corrected chi connectivity index (χ0v) is 10.3. The van der Waals surface area contributed by atoms with Gasteiger partial charge in [-0.15, -0.1) is 15.4 Å². The van der Waals surface area contributed by atoms with Crippen LogP contribution in [-0.4, -0.2) is 24.1 Å². The van der Waals surface area contributed by atoms with Gasteiger partial charge in [0.05, 0.1) is 9.73 Å². The lowest BCUT2D eigenvalue weighted by molar-refractivity contribution is 0.602. The highest BCUT2D eigenvalue weighted by atomic mass is 35.5. The van der Waals surface area contributed by atoms with Gasteiger partial charge in [0.1, 0.15) is 5.21 Å². The van der Waals surface area contributed by atoms with Gasteiger partial charge in [-0.25, -0.2) is 12.6 Å². The highest BCUT2D eigenvalue weighted by molar-refractivity contribution is 8.03.